The molecule has 1 aromatic carbocycles. The summed E-state index contributed by atoms with van der Waals surface area (Å²) in [7, 11) is 0. The Morgan fingerprint density at radius 2 is 2.00 bits per heavy atom. The van der Waals surface area contributed by atoms with E-state index in [0.717, 1.165) is 37.2 Å². The lowest BCUT2D eigenvalue weighted by molar-refractivity contribution is 0.0787. The molecule has 4 nitrogen and oxygen atoms in total. The number of piperidine rings is 1. The fraction of sp³-hybridized carbons (Fsp3) is 0.438. The van der Waals surface area contributed by atoms with Crippen LogP contribution < -0.4 is 10.6 Å². The molecule has 0 bridgehead atoms. The zero-order chi connectivity index (χ0) is 14.5. The first-order chi connectivity index (χ1) is 10.3. The van der Waals surface area contributed by atoms with Crippen molar-refractivity contribution >= 4 is 23.4 Å². The smallest absolute Gasteiger partial charge is 0.407 e. The lowest BCUT2D eigenvalue weighted by Crippen LogP contribution is -2.41. The molecule has 21 heavy (non-hydrogen) atoms. The van der Waals surface area contributed by atoms with E-state index in [-0.39, 0.29) is 18.2 Å². The number of ether oxygens (including phenoxy) is 1. The Kier molecular flexibility index (Phi) is 4.83. The standard InChI is InChI=1S/C16H20N2O2S/c19-16(20-13-6-8-17-9-7-13)18-15-11-21-10-14(15)12-4-2-1-3-5-12/h1-5,10,13,15,17H,6-9,11H2,(H,18,19). The van der Waals surface area contributed by atoms with Gasteiger partial charge in [-0.2, -0.15) is 0 Å². The third-order valence-corrected chi connectivity index (χ3v) is 4.75. The van der Waals surface area contributed by atoms with Crippen LogP contribution >= 0.6 is 11.8 Å². The largest absolute Gasteiger partial charge is 0.446 e. The third kappa shape index (κ3) is 3.80. The first-order valence-corrected chi connectivity index (χ1v) is 8.43. The fourth-order valence-electron chi connectivity index (χ4n) is 2.67. The maximum atomic E-state index is 12.1. The molecular weight excluding hydrogens is 284 g/mol. The number of carbonyl (C=O) groups is 1. The Hall–Kier alpha value is -1.46. The Morgan fingerprint density at radius 1 is 1.24 bits per heavy atom. The summed E-state index contributed by atoms with van der Waals surface area (Å²) in [6.45, 7) is 1.85. The lowest BCUT2D eigenvalue weighted by Gasteiger charge is -2.24. The highest BCUT2D eigenvalue weighted by Crippen LogP contribution is 2.30. The van der Waals surface area contributed by atoms with Gasteiger partial charge in [-0.1, -0.05) is 30.3 Å². The summed E-state index contributed by atoms with van der Waals surface area (Å²) in [6, 6.07) is 10.2. The number of rotatable bonds is 3. The molecule has 2 aliphatic heterocycles. The van der Waals surface area contributed by atoms with Crippen LogP contribution in [-0.2, 0) is 4.74 Å². The molecule has 2 aliphatic rings. The van der Waals surface area contributed by atoms with E-state index in [9.17, 15) is 4.79 Å². The van der Waals surface area contributed by atoms with Crippen LogP contribution in [0.25, 0.3) is 5.57 Å². The van der Waals surface area contributed by atoms with Crippen LogP contribution in [-0.4, -0.2) is 37.1 Å². The summed E-state index contributed by atoms with van der Waals surface area (Å²) in [5.74, 6) is 0.867. The van der Waals surface area contributed by atoms with Crippen LogP contribution in [0.3, 0.4) is 0 Å². The third-order valence-electron chi connectivity index (χ3n) is 3.81. The Morgan fingerprint density at radius 3 is 2.76 bits per heavy atom. The van der Waals surface area contributed by atoms with E-state index in [1.807, 2.05) is 18.2 Å². The first-order valence-electron chi connectivity index (χ1n) is 7.38. The van der Waals surface area contributed by atoms with Crippen LogP contribution in [0.1, 0.15) is 18.4 Å². The molecule has 0 radical (unpaired) electrons. The van der Waals surface area contributed by atoms with Crippen LogP contribution in [0.15, 0.2) is 35.7 Å². The number of alkyl carbamates (subject to hydrolysis) is 1. The summed E-state index contributed by atoms with van der Waals surface area (Å²) in [5, 5.41) is 8.40. The maximum Gasteiger partial charge on any atom is 0.407 e. The van der Waals surface area contributed by atoms with E-state index < -0.39 is 0 Å². The lowest BCUT2D eigenvalue weighted by atomic mass is 10.0. The normalized spacial score (nSPS) is 22.7. The molecule has 1 atom stereocenters. The number of benzene rings is 1. The Bertz CT molecular complexity index is 512. The molecule has 3 rings (SSSR count). The number of nitrogens with one attached hydrogen (secondary N) is 2. The van der Waals surface area contributed by atoms with Crippen LogP contribution in [0.5, 0.6) is 0 Å². The summed E-state index contributed by atoms with van der Waals surface area (Å²) in [5.41, 5.74) is 2.33. The fourth-order valence-corrected chi connectivity index (χ4v) is 3.70. The molecule has 2 N–H and O–H groups in total. The second-order valence-electron chi connectivity index (χ2n) is 5.32. The van der Waals surface area contributed by atoms with Gasteiger partial charge in [0.1, 0.15) is 6.10 Å². The van der Waals surface area contributed by atoms with Crippen molar-refractivity contribution in [2.45, 2.75) is 25.0 Å². The van der Waals surface area contributed by atoms with Crippen molar-refractivity contribution in [3.63, 3.8) is 0 Å². The van der Waals surface area contributed by atoms with Gasteiger partial charge in [0.05, 0.1) is 6.04 Å². The average molecular weight is 304 g/mol. The van der Waals surface area contributed by atoms with Gasteiger partial charge in [-0.3, -0.25) is 0 Å². The van der Waals surface area contributed by atoms with Gasteiger partial charge < -0.3 is 15.4 Å². The minimum absolute atomic E-state index is 0.0339. The summed E-state index contributed by atoms with van der Waals surface area (Å²) < 4.78 is 5.51. The Balaban J connectivity index is 1.57. The Labute approximate surface area is 129 Å². The minimum Gasteiger partial charge on any atom is -0.446 e. The molecular formula is C16H20N2O2S. The van der Waals surface area contributed by atoms with Crippen molar-refractivity contribution in [2.75, 3.05) is 18.8 Å². The van der Waals surface area contributed by atoms with Crippen molar-refractivity contribution in [1.82, 2.24) is 10.6 Å². The van der Waals surface area contributed by atoms with Crippen LogP contribution in [0.2, 0.25) is 0 Å². The average Bonchev–Trinajstić information content (AvgIpc) is 2.97. The van der Waals surface area contributed by atoms with Crippen LogP contribution in [0.4, 0.5) is 4.79 Å². The molecule has 2 heterocycles. The van der Waals surface area contributed by atoms with Crippen molar-refractivity contribution in [1.29, 1.82) is 0 Å². The van der Waals surface area contributed by atoms with Gasteiger partial charge in [0.2, 0.25) is 0 Å². The maximum absolute atomic E-state index is 12.1. The molecule has 1 saturated heterocycles. The summed E-state index contributed by atoms with van der Waals surface area (Å²) >= 11 is 1.73. The molecule has 1 unspecified atom stereocenters. The minimum atomic E-state index is -0.295. The molecule has 0 spiro atoms. The first kappa shape index (κ1) is 14.5. The monoisotopic (exact) mass is 304 g/mol. The molecule has 0 saturated carbocycles. The van der Waals surface area contributed by atoms with Gasteiger partial charge in [-0.05, 0) is 42.5 Å². The van der Waals surface area contributed by atoms with E-state index in [0.29, 0.717) is 0 Å². The molecule has 0 aromatic heterocycles. The van der Waals surface area contributed by atoms with Gasteiger partial charge in [0, 0.05) is 5.75 Å². The van der Waals surface area contributed by atoms with Crippen molar-refractivity contribution in [2.24, 2.45) is 0 Å². The second-order valence-corrected chi connectivity index (χ2v) is 6.23. The van der Waals surface area contributed by atoms with E-state index in [1.54, 1.807) is 11.8 Å². The van der Waals surface area contributed by atoms with Gasteiger partial charge in [-0.15, -0.1) is 11.8 Å². The quantitative estimate of drug-likeness (QED) is 0.901. The van der Waals surface area contributed by atoms with E-state index in [1.165, 1.54) is 5.57 Å². The second kappa shape index (κ2) is 7.00. The highest BCUT2D eigenvalue weighted by atomic mass is 32.2. The van der Waals surface area contributed by atoms with Gasteiger partial charge in [0.25, 0.3) is 0 Å². The number of thioether (sulfide) groups is 1. The predicted octanol–water partition coefficient (Wildman–Crippen LogP) is 2.62. The molecule has 1 fully saturated rings. The van der Waals surface area contributed by atoms with E-state index >= 15 is 0 Å². The van der Waals surface area contributed by atoms with E-state index in [2.05, 4.69) is 28.2 Å². The zero-order valence-corrected chi connectivity index (χ0v) is 12.7. The van der Waals surface area contributed by atoms with E-state index in [4.69, 9.17) is 4.74 Å². The number of hydrogen-bond donors (Lipinski definition) is 2. The molecule has 1 aromatic rings. The highest BCUT2D eigenvalue weighted by Gasteiger charge is 2.25. The predicted molar refractivity (Wildman–Crippen MR) is 86.2 cm³/mol. The molecule has 0 aliphatic carbocycles. The summed E-state index contributed by atoms with van der Waals surface area (Å²) in [4.78, 5) is 12.1. The number of carbonyl (C=O) groups excluding carboxylic acids is 1. The highest BCUT2D eigenvalue weighted by molar-refractivity contribution is 8.02. The van der Waals surface area contributed by atoms with Crippen molar-refractivity contribution in [3.8, 4) is 0 Å². The summed E-state index contributed by atoms with van der Waals surface area (Å²) in [6.07, 6.45) is 1.54. The van der Waals surface area contributed by atoms with Crippen molar-refractivity contribution < 1.29 is 9.53 Å². The van der Waals surface area contributed by atoms with Gasteiger partial charge in [-0.25, -0.2) is 4.79 Å². The topological polar surface area (TPSA) is 50.4 Å². The van der Waals surface area contributed by atoms with Gasteiger partial charge >= 0.3 is 6.09 Å². The van der Waals surface area contributed by atoms with Gasteiger partial charge in [0.15, 0.2) is 0 Å². The molecule has 1 amide bonds. The SMILES string of the molecule is O=C(NC1CSC=C1c1ccccc1)OC1CCNCC1. The number of amides is 1. The van der Waals surface area contributed by atoms with Crippen LogP contribution in [0, 0.1) is 0 Å². The zero-order valence-electron chi connectivity index (χ0n) is 11.9. The molecule has 112 valence electrons. The molecule has 5 heteroatoms. The van der Waals surface area contributed by atoms with Crippen molar-refractivity contribution in [3.05, 3.63) is 41.3 Å². The number of hydrogen-bond acceptors (Lipinski definition) is 4.